The number of rotatable bonds is 9. The van der Waals surface area contributed by atoms with E-state index >= 15 is 0 Å². The van der Waals surface area contributed by atoms with E-state index in [1.165, 1.54) is 0 Å². The summed E-state index contributed by atoms with van der Waals surface area (Å²) >= 11 is 6.12. The molecule has 0 bridgehead atoms. The smallest absolute Gasteiger partial charge is 0.123 e. The van der Waals surface area contributed by atoms with Gasteiger partial charge in [0.05, 0.1) is 36.2 Å². The molecule has 0 fully saturated rings. The monoisotopic (exact) mass is 290 g/mol. The van der Waals surface area contributed by atoms with Crippen LogP contribution in [0.25, 0.3) is 0 Å². The van der Waals surface area contributed by atoms with Crippen LogP contribution in [0.4, 0.5) is 0 Å². The molecule has 19 heavy (non-hydrogen) atoms. The van der Waals surface area contributed by atoms with Gasteiger partial charge in [-0.15, -0.1) is 0 Å². The summed E-state index contributed by atoms with van der Waals surface area (Å²) in [6.45, 7) is 5.61. The Balaban J connectivity index is 2.88. The minimum absolute atomic E-state index is 0.259. The average Bonchev–Trinajstić information content (AvgIpc) is 2.76. The van der Waals surface area contributed by atoms with Crippen LogP contribution in [0.1, 0.15) is 38.5 Å². The molecule has 0 spiro atoms. The second-order valence-corrected chi connectivity index (χ2v) is 4.73. The van der Waals surface area contributed by atoms with E-state index in [2.05, 4.69) is 12.0 Å². The fourth-order valence-corrected chi connectivity index (χ4v) is 2.28. The van der Waals surface area contributed by atoms with E-state index in [-0.39, 0.29) is 6.10 Å². The fraction of sp³-hybridized carbons (Fsp3) is 0.769. The predicted molar refractivity (Wildman–Crippen MR) is 74.4 cm³/mol. The Morgan fingerprint density at radius 1 is 1.47 bits per heavy atom. The normalized spacial score (nSPS) is 14.6. The third-order valence-corrected chi connectivity index (χ3v) is 3.22. The van der Waals surface area contributed by atoms with Crippen molar-refractivity contribution < 1.29 is 14.6 Å². The van der Waals surface area contributed by atoms with Gasteiger partial charge in [0, 0.05) is 13.7 Å². The zero-order chi connectivity index (χ0) is 14.3. The highest BCUT2D eigenvalue weighted by Gasteiger charge is 2.26. The summed E-state index contributed by atoms with van der Waals surface area (Å²) in [5, 5.41) is 15.1. The summed E-state index contributed by atoms with van der Waals surface area (Å²) in [6, 6.07) is 0. The van der Waals surface area contributed by atoms with Gasteiger partial charge in [0.25, 0.3) is 0 Å². The highest BCUT2D eigenvalue weighted by Crippen LogP contribution is 2.28. The number of hydrogen-bond donors (Lipinski definition) is 1. The van der Waals surface area contributed by atoms with Crippen molar-refractivity contribution in [1.29, 1.82) is 0 Å². The molecule has 0 radical (unpaired) electrons. The lowest BCUT2D eigenvalue weighted by Gasteiger charge is -2.23. The molecule has 1 heterocycles. The lowest BCUT2D eigenvalue weighted by Crippen LogP contribution is -2.25. The topological polar surface area (TPSA) is 56.5 Å². The van der Waals surface area contributed by atoms with Gasteiger partial charge in [0.15, 0.2) is 0 Å². The van der Waals surface area contributed by atoms with Gasteiger partial charge < -0.3 is 14.6 Å². The van der Waals surface area contributed by atoms with Gasteiger partial charge in [0.2, 0.25) is 0 Å². The first kappa shape index (κ1) is 16.4. The molecule has 5 nitrogen and oxygen atoms in total. The summed E-state index contributed by atoms with van der Waals surface area (Å²) in [5.41, 5.74) is 0.602. The number of hydrogen-bond acceptors (Lipinski definition) is 4. The summed E-state index contributed by atoms with van der Waals surface area (Å²) in [7, 11) is 1.63. The lowest BCUT2D eigenvalue weighted by atomic mass is 10.1. The lowest BCUT2D eigenvalue weighted by molar-refractivity contribution is -0.0422. The van der Waals surface area contributed by atoms with Gasteiger partial charge in [-0.25, -0.2) is 0 Å². The standard InChI is InChI=1S/C13H23ClN2O3/c1-4-6-11(19-5-2)13(17)12-10(14)9-15-16(12)7-8-18-3/h9,11,13,17H,4-8H2,1-3H3. The number of aromatic nitrogens is 2. The summed E-state index contributed by atoms with van der Waals surface area (Å²) in [5.74, 6) is 0. The third-order valence-electron chi connectivity index (χ3n) is 2.93. The van der Waals surface area contributed by atoms with Crippen molar-refractivity contribution in [2.75, 3.05) is 20.3 Å². The van der Waals surface area contributed by atoms with Crippen molar-refractivity contribution in [2.45, 2.75) is 45.4 Å². The van der Waals surface area contributed by atoms with Crippen LogP contribution < -0.4 is 0 Å². The molecule has 1 N–H and O–H groups in total. The van der Waals surface area contributed by atoms with Crippen LogP contribution in [0.2, 0.25) is 5.02 Å². The minimum Gasteiger partial charge on any atom is -0.384 e. The number of halogens is 1. The molecule has 0 aliphatic rings. The van der Waals surface area contributed by atoms with Crippen LogP contribution in [0.5, 0.6) is 0 Å². The second kappa shape index (κ2) is 8.53. The molecule has 0 aliphatic carbocycles. The zero-order valence-electron chi connectivity index (χ0n) is 11.8. The van der Waals surface area contributed by atoms with Crippen molar-refractivity contribution >= 4 is 11.6 Å². The molecule has 6 heteroatoms. The Kier molecular flexibility index (Phi) is 7.38. The van der Waals surface area contributed by atoms with Crippen LogP contribution in [-0.2, 0) is 16.0 Å². The molecule has 1 aromatic rings. The van der Waals surface area contributed by atoms with Gasteiger partial charge in [-0.3, -0.25) is 4.68 Å². The van der Waals surface area contributed by atoms with Crippen LogP contribution in [0.3, 0.4) is 0 Å². The van der Waals surface area contributed by atoms with E-state index in [4.69, 9.17) is 21.1 Å². The number of aliphatic hydroxyl groups is 1. The molecule has 0 saturated heterocycles. The molecular formula is C13H23ClN2O3. The first-order valence-corrected chi connectivity index (χ1v) is 7.03. The number of aliphatic hydroxyl groups excluding tert-OH is 1. The maximum Gasteiger partial charge on any atom is 0.123 e. The Bertz CT molecular complexity index is 365. The molecule has 0 aliphatic heterocycles. The van der Waals surface area contributed by atoms with Crippen molar-refractivity contribution in [3.05, 3.63) is 16.9 Å². The maximum absolute atomic E-state index is 10.5. The van der Waals surface area contributed by atoms with Gasteiger partial charge in [0.1, 0.15) is 6.10 Å². The molecule has 1 rings (SSSR count). The second-order valence-electron chi connectivity index (χ2n) is 4.32. The molecule has 0 saturated carbocycles. The van der Waals surface area contributed by atoms with E-state index in [1.807, 2.05) is 6.92 Å². The number of methoxy groups -OCH3 is 1. The number of ether oxygens (including phenoxy) is 2. The van der Waals surface area contributed by atoms with E-state index in [0.29, 0.717) is 30.5 Å². The molecule has 110 valence electrons. The summed E-state index contributed by atoms with van der Waals surface area (Å²) < 4.78 is 12.3. The first-order chi connectivity index (χ1) is 9.15. The Labute approximate surface area is 119 Å². The molecule has 2 atom stereocenters. The Hall–Kier alpha value is -0.620. The third kappa shape index (κ3) is 4.45. The van der Waals surface area contributed by atoms with Gasteiger partial charge in [-0.2, -0.15) is 5.10 Å². The quantitative estimate of drug-likeness (QED) is 0.759. The molecule has 1 aromatic heterocycles. The zero-order valence-corrected chi connectivity index (χ0v) is 12.6. The highest BCUT2D eigenvalue weighted by atomic mass is 35.5. The molecule has 2 unspecified atom stereocenters. The molecule has 0 amide bonds. The molecular weight excluding hydrogens is 268 g/mol. The summed E-state index contributed by atoms with van der Waals surface area (Å²) in [6.07, 6.45) is 2.23. The SMILES string of the molecule is CCCC(OCC)C(O)c1c(Cl)cnn1CCOC. The van der Waals surface area contributed by atoms with E-state index in [9.17, 15) is 5.11 Å². The Morgan fingerprint density at radius 2 is 2.21 bits per heavy atom. The van der Waals surface area contributed by atoms with E-state index in [0.717, 1.165) is 12.8 Å². The van der Waals surface area contributed by atoms with E-state index < -0.39 is 6.10 Å². The van der Waals surface area contributed by atoms with Crippen molar-refractivity contribution in [3.63, 3.8) is 0 Å². The van der Waals surface area contributed by atoms with Crippen LogP contribution in [0.15, 0.2) is 6.20 Å². The summed E-state index contributed by atoms with van der Waals surface area (Å²) in [4.78, 5) is 0. The van der Waals surface area contributed by atoms with Crippen molar-refractivity contribution in [2.24, 2.45) is 0 Å². The van der Waals surface area contributed by atoms with Crippen molar-refractivity contribution in [1.82, 2.24) is 9.78 Å². The van der Waals surface area contributed by atoms with E-state index in [1.54, 1.807) is 18.0 Å². The first-order valence-electron chi connectivity index (χ1n) is 6.65. The predicted octanol–water partition coefficient (Wildman–Crippen LogP) is 2.42. The minimum atomic E-state index is -0.772. The van der Waals surface area contributed by atoms with Gasteiger partial charge >= 0.3 is 0 Å². The maximum atomic E-state index is 10.5. The van der Waals surface area contributed by atoms with Crippen LogP contribution >= 0.6 is 11.6 Å². The average molecular weight is 291 g/mol. The van der Waals surface area contributed by atoms with Gasteiger partial charge in [-0.05, 0) is 13.3 Å². The largest absolute Gasteiger partial charge is 0.384 e. The van der Waals surface area contributed by atoms with Gasteiger partial charge in [-0.1, -0.05) is 24.9 Å². The molecule has 0 aromatic carbocycles. The van der Waals surface area contributed by atoms with Crippen molar-refractivity contribution in [3.8, 4) is 0 Å². The highest BCUT2D eigenvalue weighted by molar-refractivity contribution is 6.31. The number of nitrogens with zero attached hydrogens (tertiary/aromatic N) is 2. The van der Waals surface area contributed by atoms with Crippen LogP contribution in [-0.4, -0.2) is 41.3 Å². The fourth-order valence-electron chi connectivity index (χ4n) is 2.03. The Morgan fingerprint density at radius 3 is 2.79 bits per heavy atom. The van der Waals surface area contributed by atoms with Crippen LogP contribution in [0, 0.1) is 0 Å².